The molecule has 1 aromatic carbocycles. The Morgan fingerprint density at radius 2 is 1.93 bits per heavy atom. The molecule has 1 heterocycles. The maximum atomic E-state index is 12.8. The van der Waals surface area contributed by atoms with Crippen molar-refractivity contribution in [3.8, 4) is 0 Å². The van der Waals surface area contributed by atoms with Crippen LogP contribution in [0.3, 0.4) is 0 Å². The minimum Gasteiger partial charge on any atom is -0.353 e. The van der Waals surface area contributed by atoms with E-state index >= 15 is 0 Å². The van der Waals surface area contributed by atoms with Crippen LogP contribution in [0.25, 0.3) is 0 Å². The molecule has 146 valence electrons. The Labute approximate surface area is 161 Å². The van der Waals surface area contributed by atoms with Crippen molar-refractivity contribution in [2.24, 2.45) is 5.92 Å². The third-order valence-electron chi connectivity index (χ3n) is 6.31. The van der Waals surface area contributed by atoms with Crippen molar-refractivity contribution in [1.82, 2.24) is 15.5 Å². The van der Waals surface area contributed by atoms with Gasteiger partial charge in [0, 0.05) is 24.7 Å². The van der Waals surface area contributed by atoms with E-state index in [0.29, 0.717) is 18.5 Å². The normalized spacial score (nSPS) is 24.6. The Morgan fingerprint density at radius 1 is 1.26 bits per heavy atom. The first kappa shape index (κ1) is 18.5. The van der Waals surface area contributed by atoms with Gasteiger partial charge in [-0.1, -0.05) is 38.1 Å². The highest BCUT2D eigenvalue weighted by atomic mass is 16.2. The average molecular weight is 370 g/mol. The molecule has 1 aliphatic heterocycles. The third-order valence-corrected chi connectivity index (χ3v) is 6.31. The van der Waals surface area contributed by atoms with Crippen LogP contribution in [0, 0.1) is 5.92 Å². The van der Waals surface area contributed by atoms with Crippen molar-refractivity contribution in [3.63, 3.8) is 0 Å². The van der Waals surface area contributed by atoms with Crippen LogP contribution in [0.15, 0.2) is 24.3 Å². The highest BCUT2D eigenvalue weighted by Crippen LogP contribution is 2.41. The Morgan fingerprint density at radius 3 is 2.52 bits per heavy atom. The summed E-state index contributed by atoms with van der Waals surface area (Å²) in [7, 11) is 0. The van der Waals surface area contributed by atoms with Crippen LogP contribution in [0.4, 0.5) is 0 Å². The number of nitrogens with zero attached hydrogens (tertiary/aromatic N) is 1. The maximum absolute atomic E-state index is 12.8. The molecule has 2 N–H and O–H groups in total. The predicted molar refractivity (Wildman–Crippen MR) is 105 cm³/mol. The Balaban J connectivity index is 1.42. The van der Waals surface area contributed by atoms with Gasteiger partial charge in [0.15, 0.2) is 0 Å². The van der Waals surface area contributed by atoms with Gasteiger partial charge in [-0.05, 0) is 49.1 Å². The molecule has 1 saturated carbocycles. The van der Waals surface area contributed by atoms with Crippen molar-refractivity contribution >= 4 is 11.8 Å². The smallest absolute Gasteiger partial charge is 0.237 e. The van der Waals surface area contributed by atoms with E-state index in [1.54, 1.807) is 0 Å². The molecule has 2 fully saturated rings. The van der Waals surface area contributed by atoms with Crippen LogP contribution in [-0.2, 0) is 22.4 Å². The lowest BCUT2D eigenvalue weighted by molar-refractivity contribution is -0.135. The fraction of sp³-hybridized carbons (Fsp3) is 0.636. The lowest BCUT2D eigenvalue weighted by Crippen LogP contribution is -2.60. The van der Waals surface area contributed by atoms with Crippen molar-refractivity contribution in [2.45, 2.75) is 70.0 Å². The summed E-state index contributed by atoms with van der Waals surface area (Å²) < 4.78 is 0. The molecular weight excluding hydrogens is 338 g/mol. The van der Waals surface area contributed by atoms with Gasteiger partial charge < -0.3 is 10.6 Å². The first-order valence-corrected chi connectivity index (χ1v) is 10.4. The molecule has 5 nitrogen and oxygen atoms in total. The number of hydrogen-bond acceptors (Lipinski definition) is 3. The average Bonchev–Trinajstić information content (AvgIpc) is 3.20. The highest BCUT2D eigenvalue weighted by molar-refractivity contribution is 5.89. The molecule has 27 heavy (non-hydrogen) atoms. The Kier molecular flexibility index (Phi) is 4.97. The topological polar surface area (TPSA) is 61.4 Å². The summed E-state index contributed by atoms with van der Waals surface area (Å²) in [5.74, 6) is 0.594. The zero-order valence-electron chi connectivity index (χ0n) is 16.5. The van der Waals surface area contributed by atoms with Gasteiger partial charge in [-0.3, -0.25) is 14.5 Å². The lowest BCUT2D eigenvalue weighted by Gasteiger charge is -2.39. The fourth-order valence-corrected chi connectivity index (χ4v) is 4.98. The summed E-state index contributed by atoms with van der Waals surface area (Å²) in [6, 6.07) is 8.50. The molecule has 1 saturated heterocycles. The maximum Gasteiger partial charge on any atom is 0.237 e. The number of hydrogen-bond donors (Lipinski definition) is 2. The molecule has 0 unspecified atom stereocenters. The molecule has 0 radical (unpaired) electrons. The summed E-state index contributed by atoms with van der Waals surface area (Å²) in [6.45, 7) is 5.88. The molecular formula is C22H31N3O2. The van der Waals surface area contributed by atoms with Crippen LogP contribution in [0.1, 0.15) is 50.7 Å². The molecule has 0 spiro atoms. The van der Waals surface area contributed by atoms with Gasteiger partial charge in [-0.2, -0.15) is 0 Å². The number of benzene rings is 1. The molecule has 2 aliphatic carbocycles. The number of fused-ring (bicyclic) bond motifs is 1. The molecule has 0 aromatic heterocycles. The van der Waals surface area contributed by atoms with Gasteiger partial charge in [-0.15, -0.1) is 0 Å². The zero-order chi connectivity index (χ0) is 19.0. The van der Waals surface area contributed by atoms with Crippen molar-refractivity contribution in [2.75, 3.05) is 13.1 Å². The van der Waals surface area contributed by atoms with E-state index in [1.165, 1.54) is 11.1 Å². The zero-order valence-corrected chi connectivity index (χ0v) is 16.5. The quantitative estimate of drug-likeness (QED) is 0.807. The van der Waals surface area contributed by atoms with Crippen molar-refractivity contribution in [3.05, 3.63) is 35.4 Å². The Hall–Kier alpha value is -1.88. The Bertz CT molecular complexity index is 701. The fourth-order valence-electron chi connectivity index (χ4n) is 4.98. The van der Waals surface area contributed by atoms with E-state index in [9.17, 15) is 9.59 Å². The standard InChI is InChI=1S/C22H31N3O2/c1-15(2)14-22(7-8-22)24-20(26)13-19-21(27)23-9-10-25(19)18-11-16-5-3-4-6-17(16)12-18/h3-6,15,18-19H,7-14H2,1-2H3,(H,23,27)(H,24,26)/t19-/m1/s1. The van der Waals surface area contributed by atoms with E-state index < -0.39 is 0 Å². The van der Waals surface area contributed by atoms with Crippen LogP contribution < -0.4 is 10.6 Å². The summed E-state index contributed by atoms with van der Waals surface area (Å²) in [4.78, 5) is 27.6. The highest BCUT2D eigenvalue weighted by Gasteiger charge is 2.45. The first-order chi connectivity index (χ1) is 13.0. The number of piperazine rings is 1. The number of carbonyl (C=O) groups excluding carboxylic acids is 2. The second-order valence-corrected chi connectivity index (χ2v) is 9.01. The second-order valence-electron chi connectivity index (χ2n) is 9.01. The van der Waals surface area contributed by atoms with E-state index in [2.05, 4.69) is 53.6 Å². The first-order valence-electron chi connectivity index (χ1n) is 10.4. The van der Waals surface area contributed by atoms with Gasteiger partial charge in [-0.25, -0.2) is 0 Å². The molecule has 1 atom stereocenters. The number of nitrogens with one attached hydrogen (secondary N) is 2. The van der Waals surface area contributed by atoms with Gasteiger partial charge in [0.1, 0.15) is 0 Å². The lowest BCUT2D eigenvalue weighted by atomic mass is 10.00. The molecule has 2 amide bonds. The molecule has 4 rings (SSSR count). The largest absolute Gasteiger partial charge is 0.353 e. The van der Waals surface area contributed by atoms with Crippen LogP contribution >= 0.6 is 0 Å². The van der Waals surface area contributed by atoms with Gasteiger partial charge in [0.2, 0.25) is 11.8 Å². The van der Waals surface area contributed by atoms with Gasteiger partial charge in [0.05, 0.1) is 12.5 Å². The summed E-state index contributed by atoms with van der Waals surface area (Å²) in [5.41, 5.74) is 2.75. The molecule has 1 aromatic rings. The van der Waals surface area contributed by atoms with Gasteiger partial charge >= 0.3 is 0 Å². The summed E-state index contributed by atoms with van der Waals surface area (Å²) >= 11 is 0. The number of rotatable bonds is 6. The predicted octanol–water partition coefficient (Wildman–Crippen LogP) is 2.04. The van der Waals surface area contributed by atoms with E-state index in [1.807, 2.05) is 0 Å². The molecule has 3 aliphatic rings. The SMILES string of the molecule is CC(C)CC1(NC(=O)C[C@@H]2C(=O)NCCN2C2Cc3ccccc3C2)CC1. The summed E-state index contributed by atoms with van der Waals surface area (Å²) in [5, 5.41) is 6.21. The number of carbonyl (C=O) groups is 2. The molecule has 5 heteroatoms. The monoisotopic (exact) mass is 369 g/mol. The minimum atomic E-state index is -0.354. The van der Waals surface area contributed by atoms with Crippen LogP contribution in [0.2, 0.25) is 0 Å². The van der Waals surface area contributed by atoms with E-state index in [4.69, 9.17) is 0 Å². The third kappa shape index (κ3) is 4.03. The van der Waals surface area contributed by atoms with E-state index in [0.717, 1.165) is 38.6 Å². The summed E-state index contributed by atoms with van der Waals surface area (Å²) in [6.07, 6.45) is 5.36. The number of amides is 2. The van der Waals surface area contributed by atoms with Gasteiger partial charge in [0.25, 0.3) is 0 Å². The van der Waals surface area contributed by atoms with Crippen LogP contribution in [-0.4, -0.2) is 47.4 Å². The molecule has 0 bridgehead atoms. The minimum absolute atomic E-state index is 0.000984. The van der Waals surface area contributed by atoms with Crippen LogP contribution in [0.5, 0.6) is 0 Å². The van der Waals surface area contributed by atoms with Crippen molar-refractivity contribution in [1.29, 1.82) is 0 Å². The van der Waals surface area contributed by atoms with Crippen molar-refractivity contribution < 1.29 is 9.59 Å². The van der Waals surface area contributed by atoms with E-state index in [-0.39, 0.29) is 29.8 Å². The second kappa shape index (κ2) is 7.27.